The highest BCUT2D eigenvalue weighted by Crippen LogP contribution is 2.28. The number of nitrogens with one attached hydrogen (secondary N) is 1. The fraction of sp³-hybridized carbons (Fsp3) is 0.316. The summed E-state index contributed by atoms with van der Waals surface area (Å²) in [4.78, 5) is 12.9. The van der Waals surface area contributed by atoms with Crippen LogP contribution in [-0.4, -0.2) is 32.1 Å². The first-order chi connectivity index (χ1) is 12.8. The quantitative estimate of drug-likeness (QED) is 0.788. The maximum atomic E-state index is 12.9. The molecule has 0 atom stereocenters. The van der Waals surface area contributed by atoms with Gasteiger partial charge in [-0.25, -0.2) is 4.68 Å². The van der Waals surface area contributed by atoms with E-state index in [9.17, 15) is 4.79 Å². The van der Waals surface area contributed by atoms with Crippen LogP contribution in [0.5, 0.6) is 0 Å². The van der Waals surface area contributed by atoms with Gasteiger partial charge in [-0.3, -0.25) is 9.48 Å². The number of nitrogens with zero attached hydrogens (tertiary/aromatic N) is 4. The Morgan fingerprint density at radius 3 is 2.88 bits per heavy atom. The highest BCUT2D eigenvalue weighted by atomic mass is 16.5. The van der Waals surface area contributed by atoms with Gasteiger partial charge >= 0.3 is 0 Å². The molecule has 0 saturated heterocycles. The van der Waals surface area contributed by atoms with Crippen LogP contribution in [0.1, 0.15) is 33.9 Å². The molecule has 5 rings (SSSR count). The Labute approximate surface area is 150 Å². The van der Waals surface area contributed by atoms with Gasteiger partial charge in [0.05, 0.1) is 31.1 Å². The molecule has 1 aliphatic heterocycles. The van der Waals surface area contributed by atoms with E-state index in [1.807, 2.05) is 45.8 Å². The third-order valence-electron chi connectivity index (χ3n) is 4.95. The predicted molar refractivity (Wildman–Crippen MR) is 95.4 cm³/mol. The van der Waals surface area contributed by atoms with Crippen molar-refractivity contribution in [1.29, 1.82) is 0 Å². The van der Waals surface area contributed by atoms with Crippen LogP contribution in [0.25, 0.3) is 5.69 Å². The van der Waals surface area contributed by atoms with E-state index < -0.39 is 0 Å². The van der Waals surface area contributed by atoms with Gasteiger partial charge < -0.3 is 10.1 Å². The average Bonchev–Trinajstić information content (AvgIpc) is 3.36. The van der Waals surface area contributed by atoms with Gasteiger partial charge in [-0.15, -0.1) is 0 Å². The lowest BCUT2D eigenvalue weighted by Gasteiger charge is -2.12. The molecule has 3 heterocycles. The third kappa shape index (κ3) is 2.52. The lowest BCUT2D eigenvalue weighted by molar-refractivity contribution is 0.0801. The summed E-state index contributed by atoms with van der Waals surface area (Å²) in [6, 6.07) is 11.8. The first-order valence-corrected chi connectivity index (χ1v) is 8.91. The molecule has 1 aromatic carbocycles. The van der Waals surface area contributed by atoms with E-state index in [1.165, 1.54) is 0 Å². The minimum absolute atomic E-state index is 0.200. The Morgan fingerprint density at radius 1 is 1.15 bits per heavy atom. The second-order valence-corrected chi connectivity index (χ2v) is 6.63. The van der Waals surface area contributed by atoms with Crippen LogP contribution in [0, 0.1) is 0 Å². The molecule has 26 heavy (non-hydrogen) atoms. The van der Waals surface area contributed by atoms with Crippen LogP contribution in [0.4, 0.5) is 5.82 Å². The van der Waals surface area contributed by atoms with E-state index >= 15 is 0 Å². The van der Waals surface area contributed by atoms with E-state index in [4.69, 9.17) is 4.74 Å². The molecule has 0 unspecified atom stereocenters. The number of hydrogen-bond acceptors (Lipinski definition) is 4. The van der Waals surface area contributed by atoms with Gasteiger partial charge in [0.1, 0.15) is 0 Å². The molecular formula is C19H19N5O2. The molecule has 0 radical (unpaired) electrons. The number of carbonyl (C=O) groups excluding carboxylic acids is 1. The second kappa shape index (κ2) is 6.10. The molecule has 0 bridgehead atoms. The Hall–Kier alpha value is -2.93. The standard InChI is InChI=1S/C19H19N5O2/c25-19(20-17-11-14-12-26-10-9-23(14)21-17)18-15-7-4-8-16(15)24(22-18)13-5-2-1-3-6-13/h1-3,5-6,11H,4,7-10,12H2,(H,20,21,25). The summed E-state index contributed by atoms with van der Waals surface area (Å²) in [6.45, 7) is 1.89. The van der Waals surface area contributed by atoms with E-state index in [-0.39, 0.29) is 5.91 Å². The van der Waals surface area contributed by atoms with Crippen LogP contribution in [0.15, 0.2) is 36.4 Å². The monoisotopic (exact) mass is 349 g/mol. The minimum Gasteiger partial charge on any atom is -0.373 e. The Bertz CT molecular complexity index is 950. The summed E-state index contributed by atoms with van der Waals surface area (Å²) in [5.74, 6) is 0.353. The van der Waals surface area contributed by atoms with E-state index in [0.29, 0.717) is 31.3 Å². The van der Waals surface area contributed by atoms with Gasteiger partial charge in [0, 0.05) is 17.3 Å². The van der Waals surface area contributed by atoms with Crippen molar-refractivity contribution in [2.45, 2.75) is 32.4 Å². The normalized spacial score (nSPS) is 15.5. The Morgan fingerprint density at radius 2 is 2.04 bits per heavy atom. The van der Waals surface area contributed by atoms with Crippen LogP contribution in [-0.2, 0) is 30.7 Å². The maximum absolute atomic E-state index is 12.9. The second-order valence-electron chi connectivity index (χ2n) is 6.63. The van der Waals surface area contributed by atoms with Gasteiger partial charge in [-0.05, 0) is 31.4 Å². The topological polar surface area (TPSA) is 74.0 Å². The van der Waals surface area contributed by atoms with Gasteiger partial charge in [0.2, 0.25) is 0 Å². The minimum atomic E-state index is -0.200. The van der Waals surface area contributed by atoms with Crippen LogP contribution in [0.2, 0.25) is 0 Å². The van der Waals surface area contributed by atoms with Gasteiger partial charge in [0.15, 0.2) is 11.5 Å². The molecule has 2 aliphatic rings. The smallest absolute Gasteiger partial charge is 0.277 e. The molecule has 0 saturated carbocycles. The number of hydrogen-bond donors (Lipinski definition) is 1. The van der Waals surface area contributed by atoms with Gasteiger partial charge in [-0.2, -0.15) is 10.2 Å². The molecule has 0 fully saturated rings. The van der Waals surface area contributed by atoms with E-state index in [0.717, 1.165) is 41.9 Å². The SMILES string of the molecule is O=C(Nc1cc2n(n1)CCOC2)c1nn(-c2ccccc2)c2c1CCC2. The van der Waals surface area contributed by atoms with E-state index in [1.54, 1.807) is 0 Å². The summed E-state index contributed by atoms with van der Waals surface area (Å²) in [5, 5.41) is 12.0. The summed E-state index contributed by atoms with van der Waals surface area (Å²) in [6.07, 6.45) is 2.88. The highest BCUT2D eigenvalue weighted by molar-refractivity contribution is 6.03. The summed E-state index contributed by atoms with van der Waals surface area (Å²) in [5.41, 5.74) is 4.66. The first-order valence-electron chi connectivity index (χ1n) is 8.91. The number of fused-ring (bicyclic) bond motifs is 2. The number of anilines is 1. The molecule has 2 aromatic heterocycles. The zero-order valence-corrected chi connectivity index (χ0v) is 14.3. The van der Waals surface area contributed by atoms with Gasteiger partial charge in [0.25, 0.3) is 5.91 Å². The number of aromatic nitrogens is 4. The van der Waals surface area contributed by atoms with Crippen molar-refractivity contribution in [3.63, 3.8) is 0 Å². The van der Waals surface area contributed by atoms with Crippen molar-refractivity contribution in [2.75, 3.05) is 11.9 Å². The Kier molecular flexibility index (Phi) is 3.60. The number of ether oxygens (including phenoxy) is 1. The Balaban J connectivity index is 1.46. The summed E-state index contributed by atoms with van der Waals surface area (Å²) >= 11 is 0. The fourth-order valence-electron chi connectivity index (χ4n) is 3.73. The molecule has 7 nitrogen and oxygen atoms in total. The van der Waals surface area contributed by atoms with Crippen molar-refractivity contribution in [3.8, 4) is 5.69 Å². The van der Waals surface area contributed by atoms with Gasteiger partial charge in [-0.1, -0.05) is 18.2 Å². The van der Waals surface area contributed by atoms with Crippen molar-refractivity contribution >= 4 is 11.7 Å². The highest BCUT2D eigenvalue weighted by Gasteiger charge is 2.27. The lowest BCUT2D eigenvalue weighted by Crippen LogP contribution is -2.18. The van der Waals surface area contributed by atoms with Crippen LogP contribution < -0.4 is 5.32 Å². The number of rotatable bonds is 3. The number of benzene rings is 1. The summed E-state index contributed by atoms with van der Waals surface area (Å²) < 4.78 is 9.21. The zero-order chi connectivity index (χ0) is 17.5. The van der Waals surface area contributed by atoms with Crippen LogP contribution >= 0.6 is 0 Å². The van der Waals surface area contributed by atoms with Crippen molar-refractivity contribution in [2.24, 2.45) is 0 Å². The fourth-order valence-corrected chi connectivity index (χ4v) is 3.73. The molecular weight excluding hydrogens is 330 g/mol. The molecule has 0 spiro atoms. The lowest BCUT2D eigenvalue weighted by atomic mass is 10.2. The summed E-state index contributed by atoms with van der Waals surface area (Å²) in [7, 11) is 0. The molecule has 1 aliphatic carbocycles. The number of carbonyl (C=O) groups is 1. The molecule has 3 aromatic rings. The largest absolute Gasteiger partial charge is 0.373 e. The number of amides is 1. The number of para-hydroxylation sites is 1. The van der Waals surface area contributed by atoms with Crippen molar-refractivity contribution in [3.05, 3.63) is 59.0 Å². The van der Waals surface area contributed by atoms with Crippen molar-refractivity contribution < 1.29 is 9.53 Å². The first kappa shape index (κ1) is 15.3. The predicted octanol–water partition coefficient (Wildman–Crippen LogP) is 2.34. The maximum Gasteiger partial charge on any atom is 0.277 e. The average molecular weight is 349 g/mol. The zero-order valence-electron chi connectivity index (χ0n) is 14.3. The van der Waals surface area contributed by atoms with E-state index in [2.05, 4.69) is 15.5 Å². The molecule has 1 N–H and O–H groups in total. The van der Waals surface area contributed by atoms with Crippen LogP contribution in [0.3, 0.4) is 0 Å². The van der Waals surface area contributed by atoms with Crippen molar-refractivity contribution in [1.82, 2.24) is 19.6 Å². The third-order valence-corrected chi connectivity index (χ3v) is 4.95. The molecule has 1 amide bonds. The molecule has 132 valence electrons. The molecule has 7 heteroatoms.